The van der Waals surface area contributed by atoms with E-state index >= 15 is 0 Å². The highest BCUT2D eigenvalue weighted by atomic mass is 16.5. The number of hydrogen-bond donors (Lipinski definition) is 1. The van der Waals surface area contributed by atoms with Crippen molar-refractivity contribution in [3.05, 3.63) is 11.8 Å². The third-order valence-electron chi connectivity index (χ3n) is 2.22. The fourth-order valence-corrected chi connectivity index (χ4v) is 1.34. The number of carbonyl (C=O) groups is 1. The molecule has 4 heteroatoms. The van der Waals surface area contributed by atoms with Gasteiger partial charge in [0.15, 0.2) is 0 Å². The predicted molar refractivity (Wildman–Crippen MR) is 52.7 cm³/mol. The van der Waals surface area contributed by atoms with Crippen molar-refractivity contribution in [2.45, 2.75) is 26.2 Å². The molecule has 0 bridgehead atoms. The highest BCUT2D eigenvalue weighted by Gasteiger charge is 2.16. The van der Waals surface area contributed by atoms with E-state index in [0.29, 0.717) is 5.57 Å². The third-order valence-corrected chi connectivity index (χ3v) is 2.22. The number of amides is 1. The first-order valence-electron chi connectivity index (χ1n) is 4.96. The maximum Gasteiger partial charge on any atom is 0.414 e. The van der Waals surface area contributed by atoms with E-state index in [-0.39, 0.29) is 12.7 Å². The van der Waals surface area contributed by atoms with Gasteiger partial charge in [-0.3, -0.25) is 0 Å². The van der Waals surface area contributed by atoms with Crippen LogP contribution >= 0.6 is 0 Å². The van der Waals surface area contributed by atoms with Gasteiger partial charge in [-0.25, -0.2) is 4.79 Å². The van der Waals surface area contributed by atoms with Gasteiger partial charge >= 0.3 is 6.09 Å². The fraction of sp³-hybridized carbons (Fsp3) is 0.700. The molecule has 1 heterocycles. The van der Waals surface area contributed by atoms with Crippen molar-refractivity contribution in [2.24, 2.45) is 0 Å². The number of piperidine rings is 1. The first kappa shape index (κ1) is 11.0. The molecule has 1 rings (SSSR count). The highest BCUT2D eigenvalue weighted by Crippen LogP contribution is 2.10. The second-order valence-electron chi connectivity index (χ2n) is 3.55. The van der Waals surface area contributed by atoms with Gasteiger partial charge in [-0.05, 0) is 31.8 Å². The summed E-state index contributed by atoms with van der Waals surface area (Å²) in [5.41, 5.74) is 0.648. The summed E-state index contributed by atoms with van der Waals surface area (Å²) in [5.74, 6) is 0. The molecule has 0 saturated carbocycles. The lowest BCUT2D eigenvalue weighted by atomic mass is 10.1. The van der Waals surface area contributed by atoms with Gasteiger partial charge in [-0.15, -0.1) is 0 Å². The van der Waals surface area contributed by atoms with Crippen molar-refractivity contribution in [3.63, 3.8) is 0 Å². The molecule has 0 spiro atoms. The largest absolute Gasteiger partial charge is 0.418 e. The highest BCUT2D eigenvalue weighted by molar-refractivity contribution is 5.68. The molecule has 4 nitrogen and oxygen atoms in total. The van der Waals surface area contributed by atoms with Gasteiger partial charge in [0.1, 0.15) is 0 Å². The van der Waals surface area contributed by atoms with Crippen LogP contribution < -0.4 is 0 Å². The average Bonchev–Trinajstić information content (AvgIpc) is 2.26. The van der Waals surface area contributed by atoms with Crippen LogP contribution in [0.5, 0.6) is 0 Å². The second-order valence-corrected chi connectivity index (χ2v) is 3.55. The minimum atomic E-state index is -0.308. The molecule has 1 aliphatic heterocycles. The molecule has 80 valence electrons. The van der Waals surface area contributed by atoms with Crippen LogP contribution in [0.4, 0.5) is 4.79 Å². The van der Waals surface area contributed by atoms with E-state index in [2.05, 4.69) is 0 Å². The smallest absolute Gasteiger partial charge is 0.414 e. The number of carbonyl (C=O) groups excluding carboxylic acids is 1. The Morgan fingerprint density at radius 2 is 2.07 bits per heavy atom. The van der Waals surface area contributed by atoms with Gasteiger partial charge < -0.3 is 14.7 Å². The molecule has 0 aromatic carbocycles. The van der Waals surface area contributed by atoms with Crippen LogP contribution in [-0.4, -0.2) is 35.8 Å². The Balaban J connectivity index is 2.33. The van der Waals surface area contributed by atoms with Crippen molar-refractivity contribution in [1.82, 2.24) is 4.90 Å². The van der Waals surface area contributed by atoms with Crippen molar-refractivity contribution < 1.29 is 14.6 Å². The van der Waals surface area contributed by atoms with Crippen LogP contribution in [0.3, 0.4) is 0 Å². The monoisotopic (exact) mass is 199 g/mol. The zero-order valence-electron chi connectivity index (χ0n) is 8.53. The lowest BCUT2D eigenvalue weighted by molar-refractivity contribution is 0.127. The second kappa shape index (κ2) is 5.65. The normalized spacial score (nSPS) is 18.1. The number of nitrogens with zero attached hydrogens (tertiary/aromatic N) is 1. The third kappa shape index (κ3) is 3.38. The summed E-state index contributed by atoms with van der Waals surface area (Å²) >= 11 is 0. The Hall–Kier alpha value is -1.03. The van der Waals surface area contributed by atoms with Gasteiger partial charge in [0.2, 0.25) is 0 Å². The molecule has 0 aromatic rings. The molecule has 1 saturated heterocycles. The molecule has 1 amide bonds. The number of aliphatic hydroxyl groups is 1. The van der Waals surface area contributed by atoms with Gasteiger partial charge in [-0.1, -0.05) is 0 Å². The Kier molecular flexibility index (Phi) is 4.46. The first-order chi connectivity index (χ1) is 6.74. The molecule has 1 fully saturated rings. The standard InChI is InChI=1S/C10H17NO3/c1-9(7-12)8-14-10(13)11-5-3-2-4-6-11/h8,12H,2-7H2,1H3. The van der Waals surface area contributed by atoms with E-state index in [4.69, 9.17) is 9.84 Å². The van der Waals surface area contributed by atoms with E-state index in [1.54, 1.807) is 11.8 Å². The van der Waals surface area contributed by atoms with Crippen molar-refractivity contribution in [1.29, 1.82) is 0 Å². The maximum absolute atomic E-state index is 11.4. The van der Waals surface area contributed by atoms with Gasteiger partial charge in [0, 0.05) is 13.1 Å². The number of ether oxygens (including phenoxy) is 1. The summed E-state index contributed by atoms with van der Waals surface area (Å²) in [6, 6.07) is 0. The minimum absolute atomic E-state index is 0.0761. The van der Waals surface area contributed by atoms with E-state index in [1.165, 1.54) is 12.7 Å². The van der Waals surface area contributed by atoms with Gasteiger partial charge in [0.25, 0.3) is 0 Å². The van der Waals surface area contributed by atoms with Crippen LogP contribution in [0.1, 0.15) is 26.2 Å². The summed E-state index contributed by atoms with van der Waals surface area (Å²) in [4.78, 5) is 13.1. The number of likely N-dealkylation sites (tertiary alicyclic amines) is 1. The molecule has 0 aliphatic carbocycles. The zero-order valence-corrected chi connectivity index (χ0v) is 8.53. The topological polar surface area (TPSA) is 49.8 Å². The van der Waals surface area contributed by atoms with Gasteiger partial charge in [0.05, 0.1) is 12.9 Å². The molecule has 14 heavy (non-hydrogen) atoms. The van der Waals surface area contributed by atoms with Crippen molar-refractivity contribution in [2.75, 3.05) is 19.7 Å². The molecule has 0 atom stereocenters. The summed E-state index contributed by atoms with van der Waals surface area (Å²) in [7, 11) is 0. The summed E-state index contributed by atoms with van der Waals surface area (Å²) in [6.45, 7) is 3.20. The molecular weight excluding hydrogens is 182 g/mol. The van der Waals surface area contributed by atoms with Crippen LogP contribution in [0.2, 0.25) is 0 Å². The molecule has 0 aromatic heterocycles. The fourth-order valence-electron chi connectivity index (χ4n) is 1.34. The first-order valence-corrected chi connectivity index (χ1v) is 4.96. The molecule has 1 aliphatic rings. The Labute approximate surface area is 84.2 Å². The zero-order chi connectivity index (χ0) is 10.4. The molecule has 0 radical (unpaired) electrons. The van der Waals surface area contributed by atoms with Crippen LogP contribution in [0, 0.1) is 0 Å². The number of aliphatic hydroxyl groups excluding tert-OH is 1. The average molecular weight is 199 g/mol. The Morgan fingerprint density at radius 1 is 1.43 bits per heavy atom. The minimum Gasteiger partial charge on any atom is -0.418 e. The quantitative estimate of drug-likeness (QED) is 0.686. The predicted octanol–water partition coefficient (Wildman–Crippen LogP) is 1.50. The Morgan fingerprint density at radius 3 is 2.64 bits per heavy atom. The summed E-state index contributed by atoms with van der Waals surface area (Å²) in [5, 5.41) is 8.68. The molecule has 1 N–H and O–H groups in total. The van der Waals surface area contributed by atoms with Crippen molar-refractivity contribution >= 4 is 6.09 Å². The van der Waals surface area contributed by atoms with Crippen LogP contribution in [-0.2, 0) is 4.74 Å². The Bertz CT molecular complexity index is 219. The summed E-state index contributed by atoms with van der Waals surface area (Å²) < 4.78 is 4.90. The number of hydrogen-bond acceptors (Lipinski definition) is 3. The maximum atomic E-state index is 11.4. The van der Waals surface area contributed by atoms with Crippen LogP contribution in [0.25, 0.3) is 0 Å². The van der Waals surface area contributed by atoms with E-state index in [1.807, 2.05) is 0 Å². The van der Waals surface area contributed by atoms with E-state index in [0.717, 1.165) is 25.9 Å². The number of rotatable bonds is 2. The lowest BCUT2D eigenvalue weighted by Crippen LogP contribution is -2.35. The van der Waals surface area contributed by atoms with Gasteiger partial charge in [-0.2, -0.15) is 0 Å². The molecular formula is C10H17NO3. The van der Waals surface area contributed by atoms with E-state index in [9.17, 15) is 4.79 Å². The lowest BCUT2D eigenvalue weighted by Gasteiger charge is -2.25. The van der Waals surface area contributed by atoms with Crippen LogP contribution in [0.15, 0.2) is 11.8 Å². The SMILES string of the molecule is CC(=COC(=O)N1CCCCC1)CO. The summed E-state index contributed by atoms with van der Waals surface area (Å²) in [6.07, 6.45) is 4.31. The van der Waals surface area contributed by atoms with E-state index < -0.39 is 0 Å². The molecule has 0 unspecified atom stereocenters. The van der Waals surface area contributed by atoms with Crippen molar-refractivity contribution in [3.8, 4) is 0 Å².